The molecule has 6 nitrogen and oxygen atoms in total. The molecule has 0 aromatic heterocycles. The van der Waals surface area contributed by atoms with Gasteiger partial charge in [0.15, 0.2) is 0 Å². The Morgan fingerprint density at radius 2 is 1.90 bits per heavy atom. The van der Waals surface area contributed by atoms with Crippen LogP contribution in [0.4, 0.5) is 5.69 Å². The predicted molar refractivity (Wildman–Crippen MR) is 79.1 cm³/mol. The molecule has 112 valence electrons. The quantitative estimate of drug-likeness (QED) is 0.796. The lowest BCUT2D eigenvalue weighted by Crippen LogP contribution is -2.45. The zero-order valence-corrected chi connectivity index (χ0v) is 12.8. The van der Waals surface area contributed by atoms with Crippen molar-refractivity contribution < 1.29 is 16.8 Å². The minimum Gasteiger partial charge on any atom is -0.383 e. The Morgan fingerprint density at radius 3 is 2.60 bits per heavy atom. The first-order valence-corrected chi connectivity index (χ1v) is 9.96. The van der Waals surface area contributed by atoms with Gasteiger partial charge in [0.1, 0.15) is 9.84 Å². The van der Waals surface area contributed by atoms with Crippen LogP contribution in [0.2, 0.25) is 0 Å². The van der Waals surface area contributed by atoms with E-state index in [2.05, 4.69) is 10.0 Å². The van der Waals surface area contributed by atoms with Crippen molar-refractivity contribution in [3.05, 3.63) is 29.8 Å². The smallest absolute Gasteiger partial charge is 0.212 e. The van der Waals surface area contributed by atoms with E-state index < -0.39 is 25.6 Å². The highest BCUT2D eigenvalue weighted by molar-refractivity contribution is 7.93. The summed E-state index contributed by atoms with van der Waals surface area (Å²) in [5.74, 6) is -0.761. The monoisotopic (exact) mass is 318 g/mol. The molecule has 1 aromatic carbocycles. The van der Waals surface area contributed by atoms with Crippen LogP contribution in [0.1, 0.15) is 5.56 Å². The summed E-state index contributed by atoms with van der Waals surface area (Å²) in [6, 6.07) is 7.46. The third kappa shape index (κ3) is 4.46. The lowest BCUT2D eigenvalue weighted by atomic mass is 10.0. The van der Waals surface area contributed by atoms with Gasteiger partial charge in [-0.05, 0) is 18.1 Å². The summed E-state index contributed by atoms with van der Waals surface area (Å²) in [6.45, 7) is 0.495. The topological polar surface area (TPSA) is 92.3 Å². The average Bonchev–Trinajstić information content (AvgIpc) is 2.35. The average molecular weight is 318 g/mol. The molecule has 0 saturated carbocycles. The van der Waals surface area contributed by atoms with Gasteiger partial charge < -0.3 is 5.32 Å². The Balaban J connectivity index is 1.98. The second kappa shape index (κ2) is 5.71. The van der Waals surface area contributed by atoms with Gasteiger partial charge in [-0.15, -0.1) is 0 Å². The highest BCUT2D eigenvalue weighted by Crippen LogP contribution is 2.21. The molecule has 0 aliphatic carbocycles. The highest BCUT2D eigenvalue weighted by atomic mass is 32.2. The molecule has 0 amide bonds. The van der Waals surface area contributed by atoms with Crippen molar-refractivity contribution in [3.63, 3.8) is 0 Å². The summed E-state index contributed by atoms with van der Waals surface area (Å²) in [5.41, 5.74) is 2.06. The fourth-order valence-corrected chi connectivity index (χ4v) is 4.98. The molecule has 0 spiro atoms. The molecule has 20 heavy (non-hydrogen) atoms. The fourth-order valence-electron chi connectivity index (χ4n) is 2.10. The Kier molecular flexibility index (Phi) is 4.36. The summed E-state index contributed by atoms with van der Waals surface area (Å²) in [4.78, 5) is 0. The molecule has 0 saturated heterocycles. The van der Waals surface area contributed by atoms with Crippen LogP contribution in [0.25, 0.3) is 0 Å². The van der Waals surface area contributed by atoms with E-state index in [1.165, 1.54) is 0 Å². The van der Waals surface area contributed by atoms with E-state index in [-0.39, 0.29) is 11.8 Å². The first-order valence-electron chi connectivity index (χ1n) is 6.25. The lowest BCUT2D eigenvalue weighted by Gasteiger charge is -2.26. The van der Waals surface area contributed by atoms with Gasteiger partial charge in [-0.1, -0.05) is 18.2 Å². The Bertz CT molecular complexity index is 683. The molecular formula is C12H18N2O4S2. The molecule has 2 N–H and O–H groups in total. The number of rotatable bonds is 5. The highest BCUT2D eigenvalue weighted by Gasteiger charge is 2.23. The van der Waals surface area contributed by atoms with Crippen LogP contribution in [0, 0.1) is 0 Å². The van der Waals surface area contributed by atoms with Crippen LogP contribution >= 0.6 is 0 Å². The van der Waals surface area contributed by atoms with Gasteiger partial charge in [0.2, 0.25) is 10.0 Å². The zero-order chi connectivity index (χ0) is 14.8. The molecule has 1 aliphatic rings. The molecule has 0 radical (unpaired) electrons. The molecule has 8 heteroatoms. The van der Waals surface area contributed by atoms with E-state index in [1.54, 1.807) is 0 Å². The summed E-state index contributed by atoms with van der Waals surface area (Å²) in [5, 5.41) is 3.16. The van der Waals surface area contributed by atoms with Gasteiger partial charge in [0, 0.05) is 24.5 Å². The third-order valence-corrected chi connectivity index (χ3v) is 5.73. The largest absolute Gasteiger partial charge is 0.383 e. The molecule has 0 fully saturated rings. The second-order valence-corrected chi connectivity index (χ2v) is 9.14. The standard InChI is InChI=1S/C12H18N2O4S2/c1-19(15,16)6-7-20(17,18)14-11-8-10-4-2-3-5-12(10)13-9-11/h2-5,11,13-14H,6-9H2,1H3. The van der Waals surface area contributed by atoms with Crippen molar-refractivity contribution in [2.24, 2.45) is 0 Å². The number of benzene rings is 1. The minimum absolute atomic E-state index is 0.255. The SMILES string of the molecule is CS(=O)(=O)CCS(=O)(=O)NC1CNc2ccccc2C1. The van der Waals surface area contributed by atoms with Gasteiger partial charge in [0.05, 0.1) is 11.5 Å². The van der Waals surface area contributed by atoms with Gasteiger partial charge >= 0.3 is 0 Å². The fraction of sp³-hybridized carbons (Fsp3) is 0.500. The van der Waals surface area contributed by atoms with Crippen LogP contribution in [0.15, 0.2) is 24.3 Å². The van der Waals surface area contributed by atoms with Crippen molar-refractivity contribution in [1.82, 2.24) is 4.72 Å². The molecule has 1 aliphatic heterocycles. The number of anilines is 1. The maximum Gasteiger partial charge on any atom is 0.212 e. The Morgan fingerprint density at radius 1 is 1.20 bits per heavy atom. The number of nitrogens with one attached hydrogen (secondary N) is 2. The van der Waals surface area contributed by atoms with Gasteiger partial charge in [0.25, 0.3) is 0 Å². The van der Waals surface area contributed by atoms with E-state index in [0.717, 1.165) is 17.5 Å². The van der Waals surface area contributed by atoms with Crippen molar-refractivity contribution in [2.75, 3.05) is 29.6 Å². The first kappa shape index (κ1) is 15.3. The van der Waals surface area contributed by atoms with Crippen molar-refractivity contribution in [2.45, 2.75) is 12.5 Å². The summed E-state index contributed by atoms with van der Waals surface area (Å²) in [6.07, 6.45) is 1.63. The molecule has 2 rings (SSSR count). The Hall–Kier alpha value is -1.12. The Labute approximate surface area is 119 Å². The molecular weight excluding hydrogens is 300 g/mol. The van der Waals surface area contributed by atoms with Crippen LogP contribution in [-0.4, -0.2) is 47.2 Å². The van der Waals surface area contributed by atoms with Crippen LogP contribution < -0.4 is 10.0 Å². The third-order valence-electron chi connectivity index (χ3n) is 3.09. The molecule has 1 aromatic rings. The van der Waals surface area contributed by atoms with Crippen LogP contribution in [-0.2, 0) is 26.3 Å². The minimum atomic E-state index is -3.59. The normalized spacial score (nSPS) is 19.1. The summed E-state index contributed by atoms with van der Waals surface area (Å²) >= 11 is 0. The molecule has 1 heterocycles. The van der Waals surface area contributed by atoms with E-state index in [4.69, 9.17) is 0 Å². The number of sulfonamides is 1. The molecule has 1 atom stereocenters. The van der Waals surface area contributed by atoms with E-state index in [9.17, 15) is 16.8 Å². The van der Waals surface area contributed by atoms with Crippen molar-refractivity contribution in [3.8, 4) is 0 Å². The van der Waals surface area contributed by atoms with Gasteiger partial charge in [-0.2, -0.15) is 0 Å². The maximum atomic E-state index is 11.9. The lowest BCUT2D eigenvalue weighted by molar-refractivity contribution is 0.548. The second-order valence-electron chi connectivity index (χ2n) is 5.01. The predicted octanol–water partition coefficient (Wildman–Crippen LogP) is -0.0128. The number of hydrogen-bond donors (Lipinski definition) is 2. The summed E-state index contributed by atoms with van der Waals surface area (Å²) < 4.78 is 48.3. The van der Waals surface area contributed by atoms with Crippen LogP contribution in [0.5, 0.6) is 0 Å². The van der Waals surface area contributed by atoms with Crippen molar-refractivity contribution in [1.29, 1.82) is 0 Å². The summed E-state index contributed by atoms with van der Waals surface area (Å²) in [7, 11) is -6.87. The zero-order valence-electron chi connectivity index (χ0n) is 11.2. The molecule has 0 bridgehead atoms. The number of fused-ring (bicyclic) bond motifs is 1. The van der Waals surface area contributed by atoms with E-state index in [0.29, 0.717) is 13.0 Å². The van der Waals surface area contributed by atoms with E-state index in [1.807, 2.05) is 24.3 Å². The van der Waals surface area contributed by atoms with Crippen molar-refractivity contribution >= 4 is 25.5 Å². The maximum absolute atomic E-state index is 11.9. The van der Waals surface area contributed by atoms with Crippen LogP contribution in [0.3, 0.4) is 0 Å². The van der Waals surface area contributed by atoms with Gasteiger partial charge in [-0.3, -0.25) is 0 Å². The molecule has 1 unspecified atom stereocenters. The number of para-hydroxylation sites is 1. The number of sulfone groups is 1. The first-order chi connectivity index (χ1) is 9.25. The number of hydrogen-bond acceptors (Lipinski definition) is 5. The van der Waals surface area contributed by atoms with E-state index >= 15 is 0 Å². The van der Waals surface area contributed by atoms with Gasteiger partial charge in [-0.25, -0.2) is 21.6 Å².